The van der Waals surface area contributed by atoms with Gasteiger partial charge in [-0.25, -0.2) is 8.42 Å². The maximum Gasteiger partial charge on any atom is 0.573 e. The third kappa shape index (κ3) is 8.38. The van der Waals surface area contributed by atoms with E-state index in [4.69, 9.17) is 11.0 Å². The normalized spacial score (nSPS) is 12.5. The summed E-state index contributed by atoms with van der Waals surface area (Å²) in [6.07, 6.45) is -5.15. The Kier molecular flexibility index (Phi) is 9.17. The van der Waals surface area contributed by atoms with Crippen LogP contribution in [0.5, 0.6) is 11.5 Å². The van der Waals surface area contributed by atoms with Crippen LogP contribution in [-0.2, 0) is 20.4 Å². The summed E-state index contributed by atoms with van der Waals surface area (Å²) < 4.78 is 97.5. The summed E-state index contributed by atoms with van der Waals surface area (Å²) in [5.74, 6) is -7.44. The van der Waals surface area contributed by atoms with E-state index in [1.165, 1.54) is 18.2 Å². The third-order valence-electron chi connectivity index (χ3n) is 4.54. The molecule has 0 saturated heterocycles. The highest BCUT2D eigenvalue weighted by atomic mass is 32.2. The van der Waals surface area contributed by atoms with Gasteiger partial charge in [-0.1, -0.05) is 18.2 Å². The molecule has 2 aromatic rings. The van der Waals surface area contributed by atoms with E-state index in [0.29, 0.717) is 6.07 Å². The van der Waals surface area contributed by atoms with Gasteiger partial charge in [-0.05, 0) is 29.8 Å². The molecule has 0 radical (unpaired) electrons. The van der Waals surface area contributed by atoms with E-state index in [-0.39, 0.29) is 5.56 Å². The second-order valence-corrected chi connectivity index (χ2v) is 9.24. The number of alkyl halides is 5. The van der Waals surface area contributed by atoms with Crippen LogP contribution in [0.1, 0.15) is 27.4 Å². The van der Waals surface area contributed by atoms with Crippen LogP contribution in [-0.4, -0.2) is 45.5 Å². The van der Waals surface area contributed by atoms with Crippen LogP contribution in [0.25, 0.3) is 0 Å². The number of para-hydroxylation sites is 1. The summed E-state index contributed by atoms with van der Waals surface area (Å²) in [7, 11) is -4.38. The monoisotopic (exact) mass is 535 g/mol. The zero-order valence-corrected chi connectivity index (χ0v) is 18.9. The smallest absolute Gasteiger partial charge is 0.435 e. The number of rotatable bonds is 11. The number of amides is 2. The van der Waals surface area contributed by atoms with E-state index in [0.717, 1.165) is 18.2 Å². The number of nitrogens with two attached hydrogens (primary N) is 1. The molecule has 1 atom stereocenters. The first kappa shape index (κ1) is 28.3. The van der Waals surface area contributed by atoms with Gasteiger partial charge in [0.15, 0.2) is 9.84 Å². The number of halogens is 5. The number of carbonyl (C=O) groups is 2. The van der Waals surface area contributed by atoms with Crippen LogP contribution in [0.3, 0.4) is 0 Å². The van der Waals surface area contributed by atoms with Crippen molar-refractivity contribution in [3.8, 4) is 17.6 Å². The second-order valence-electron chi connectivity index (χ2n) is 7.13. The topological polar surface area (TPSA) is 149 Å². The molecule has 0 aliphatic carbocycles. The van der Waals surface area contributed by atoms with Crippen molar-refractivity contribution in [2.24, 2.45) is 5.73 Å². The molecule has 0 aliphatic rings. The van der Waals surface area contributed by atoms with Gasteiger partial charge < -0.3 is 20.5 Å². The first-order chi connectivity index (χ1) is 16.7. The van der Waals surface area contributed by atoms with Crippen molar-refractivity contribution in [2.75, 3.05) is 12.3 Å². The first-order valence-corrected chi connectivity index (χ1v) is 11.6. The van der Waals surface area contributed by atoms with Crippen molar-refractivity contribution in [2.45, 2.75) is 24.6 Å². The summed E-state index contributed by atoms with van der Waals surface area (Å²) in [4.78, 5) is 24.7. The molecule has 0 spiro atoms. The molecule has 2 amide bonds. The highest BCUT2D eigenvalue weighted by Gasteiger charge is 2.34. The molecule has 9 nitrogen and oxygen atoms in total. The van der Waals surface area contributed by atoms with Gasteiger partial charge in [-0.3, -0.25) is 9.59 Å². The summed E-state index contributed by atoms with van der Waals surface area (Å²) in [5.41, 5.74) is 4.09. The number of benzene rings is 2. The van der Waals surface area contributed by atoms with Crippen LogP contribution < -0.4 is 20.5 Å². The molecule has 0 heterocycles. The zero-order chi connectivity index (χ0) is 27.1. The van der Waals surface area contributed by atoms with Gasteiger partial charge in [-0.2, -0.15) is 14.0 Å². The number of hydrogen-bond donors (Lipinski definition) is 2. The Bertz CT molecular complexity index is 1260. The first-order valence-electron chi connectivity index (χ1n) is 9.79. The Balaban J connectivity index is 2.53. The maximum absolute atomic E-state index is 13.0. The Morgan fingerprint density at radius 3 is 2.39 bits per heavy atom. The van der Waals surface area contributed by atoms with Crippen molar-refractivity contribution in [1.82, 2.24) is 5.32 Å². The standard InChI is InChI=1S/C21H18F5N3O6S/c22-20(23)34-17-4-2-1-3-12(17)10-36(32,33)11-16(19(31)29-8-7-27)15-9-13(35-21(24,25)26)5-6-14(15)18(28)30/h1-6,9,16,20H,8,10-11H2,(H2,28,30)(H,29,31)/t16-/m1/s1. The molecule has 0 fully saturated rings. The number of nitrogens with zero attached hydrogens (tertiary/aromatic N) is 1. The van der Waals surface area contributed by atoms with Crippen LogP contribution in [0.2, 0.25) is 0 Å². The fourth-order valence-corrected chi connectivity index (χ4v) is 4.86. The van der Waals surface area contributed by atoms with Crippen LogP contribution >= 0.6 is 0 Å². The van der Waals surface area contributed by atoms with Crippen molar-refractivity contribution >= 4 is 21.7 Å². The summed E-state index contributed by atoms with van der Waals surface area (Å²) >= 11 is 0. The fraction of sp³-hybridized carbons (Fsp3) is 0.286. The fourth-order valence-electron chi connectivity index (χ4n) is 3.19. The minimum atomic E-state index is -5.15. The van der Waals surface area contributed by atoms with E-state index in [1.54, 1.807) is 6.07 Å². The van der Waals surface area contributed by atoms with Crippen molar-refractivity contribution in [3.05, 3.63) is 59.2 Å². The Hall–Kier alpha value is -3.93. The molecule has 0 bridgehead atoms. The molecular formula is C21H18F5N3O6S. The number of ether oxygens (including phenoxy) is 2. The third-order valence-corrected chi connectivity index (χ3v) is 6.13. The molecule has 0 unspecified atom stereocenters. The predicted molar refractivity (Wildman–Crippen MR) is 114 cm³/mol. The number of sulfone groups is 1. The van der Waals surface area contributed by atoms with Gasteiger partial charge in [0, 0.05) is 11.1 Å². The molecule has 3 N–H and O–H groups in total. The van der Waals surface area contributed by atoms with E-state index < -0.39 is 81.2 Å². The number of nitriles is 1. The summed E-state index contributed by atoms with van der Waals surface area (Å²) in [5, 5.41) is 10.8. The van der Waals surface area contributed by atoms with Crippen LogP contribution in [0, 0.1) is 11.3 Å². The van der Waals surface area contributed by atoms with Crippen molar-refractivity contribution < 1.29 is 49.4 Å². The summed E-state index contributed by atoms with van der Waals surface area (Å²) in [6.45, 7) is -3.85. The van der Waals surface area contributed by atoms with Gasteiger partial charge >= 0.3 is 13.0 Å². The maximum atomic E-state index is 13.0. The van der Waals surface area contributed by atoms with E-state index in [2.05, 4.69) is 14.8 Å². The minimum absolute atomic E-state index is 0.182. The molecule has 36 heavy (non-hydrogen) atoms. The number of carbonyl (C=O) groups excluding carboxylic acids is 2. The van der Waals surface area contributed by atoms with Crippen LogP contribution in [0.4, 0.5) is 22.0 Å². The lowest BCUT2D eigenvalue weighted by Crippen LogP contribution is -2.35. The lowest BCUT2D eigenvalue weighted by atomic mass is 9.94. The molecule has 2 rings (SSSR count). The largest absolute Gasteiger partial charge is 0.573 e. The van der Waals surface area contributed by atoms with Gasteiger partial charge in [0.2, 0.25) is 11.8 Å². The number of hydrogen-bond acceptors (Lipinski definition) is 7. The predicted octanol–water partition coefficient (Wildman–Crippen LogP) is 2.62. The molecule has 2 aromatic carbocycles. The highest BCUT2D eigenvalue weighted by Crippen LogP contribution is 2.31. The Morgan fingerprint density at radius 1 is 1.14 bits per heavy atom. The molecule has 15 heteroatoms. The molecule has 0 saturated carbocycles. The molecule has 194 valence electrons. The van der Waals surface area contributed by atoms with Gasteiger partial charge in [0.1, 0.15) is 18.0 Å². The SMILES string of the molecule is N#CCNC(=O)[C@H](CS(=O)(=O)Cc1ccccc1OC(F)F)c1cc(OC(F)(F)F)ccc1C(N)=O. The highest BCUT2D eigenvalue weighted by molar-refractivity contribution is 7.90. The Labute approximate surface area is 201 Å². The average molecular weight is 535 g/mol. The minimum Gasteiger partial charge on any atom is -0.435 e. The lowest BCUT2D eigenvalue weighted by Gasteiger charge is -2.20. The molecular weight excluding hydrogens is 517 g/mol. The summed E-state index contributed by atoms with van der Waals surface area (Å²) in [6, 6.07) is 8.73. The second kappa shape index (κ2) is 11.7. The average Bonchev–Trinajstić information content (AvgIpc) is 2.75. The van der Waals surface area contributed by atoms with Gasteiger partial charge in [0.25, 0.3) is 0 Å². The van der Waals surface area contributed by atoms with Crippen molar-refractivity contribution in [1.29, 1.82) is 5.26 Å². The number of nitrogens with one attached hydrogen (secondary N) is 1. The van der Waals surface area contributed by atoms with E-state index in [1.807, 2.05) is 0 Å². The Morgan fingerprint density at radius 2 is 1.81 bits per heavy atom. The zero-order valence-electron chi connectivity index (χ0n) is 18.1. The van der Waals surface area contributed by atoms with Gasteiger partial charge in [-0.15, -0.1) is 13.2 Å². The van der Waals surface area contributed by atoms with Crippen LogP contribution in [0.15, 0.2) is 42.5 Å². The molecule has 0 aromatic heterocycles. The molecule has 0 aliphatic heterocycles. The van der Waals surface area contributed by atoms with Gasteiger partial charge in [0.05, 0.1) is 23.5 Å². The quantitative estimate of drug-likeness (QED) is 0.332. The lowest BCUT2D eigenvalue weighted by molar-refractivity contribution is -0.274. The van der Waals surface area contributed by atoms with Crippen molar-refractivity contribution in [3.63, 3.8) is 0 Å². The van der Waals surface area contributed by atoms with E-state index >= 15 is 0 Å². The van der Waals surface area contributed by atoms with E-state index in [9.17, 15) is 40.0 Å². The number of primary amides is 1.